The molecule has 0 heterocycles. The van der Waals surface area contributed by atoms with Crippen LogP contribution in [0.3, 0.4) is 0 Å². The van der Waals surface area contributed by atoms with Crippen molar-refractivity contribution in [1.82, 2.24) is 10.2 Å². The van der Waals surface area contributed by atoms with Gasteiger partial charge in [-0.1, -0.05) is 24.3 Å². The van der Waals surface area contributed by atoms with Gasteiger partial charge in [0, 0.05) is 6.54 Å². The number of methoxy groups -OCH3 is 2. The summed E-state index contributed by atoms with van der Waals surface area (Å²) in [5.74, 6) is 1.76. The highest BCUT2D eigenvalue weighted by Crippen LogP contribution is 2.16. The highest BCUT2D eigenvalue weighted by atomic mass is 16.6. The molecule has 0 aliphatic rings. The number of carbonyl (C=O) groups excluding carboxylic acids is 1. The average Bonchev–Trinajstić information content (AvgIpc) is 2.78. The first-order chi connectivity index (χ1) is 16.5. The van der Waals surface area contributed by atoms with Crippen LogP contribution in [-0.2, 0) is 17.6 Å². The molecule has 0 fully saturated rings. The predicted molar refractivity (Wildman–Crippen MR) is 143 cm³/mol. The second kappa shape index (κ2) is 13.4. The molecule has 0 atom stereocenters. The number of nitrogens with zero attached hydrogens (tertiary/aromatic N) is 1. The van der Waals surface area contributed by atoms with E-state index in [-0.39, 0.29) is 6.09 Å². The molecule has 0 saturated heterocycles. The van der Waals surface area contributed by atoms with Gasteiger partial charge in [0.1, 0.15) is 17.1 Å². The number of amides is 1. The van der Waals surface area contributed by atoms with Crippen LogP contribution >= 0.6 is 0 Å². The van der Waals surface area contributed by atoms with Crippen molar-refractivity contribution >= 4 is 6.09 Å². The number of hydrogen-bond acceptors (Lipinski definition) is 5. The third-order valence-corrected chi connectivity index (χ3v) is 5.66. The van der Waals surface area contributed by atoms with Crippen LogP contribution in [0.5, 0.6) is 11.5 Å². The third kappa shape index (κ3) is 11.5. The molecule has 0 aliphatic heterocycles. The molecule has 1 amide bonds. The van der Waals surface area contributed by atoms with Gasteiger partial charge in [0.25, 0.3) is 0 Å². The van der Waals surface area contributed by atoms with Crippen LogP contribution in [0.15, 0.2) is 48.5 Å². The first-order valence-electron chi connectivity index (χ1n) is 12.5. The fourth-order valence-electron chi connectivity index (χ4n) is 4.05. The summed E-state index contributed by atoms with van der Waals surface area (Å²) >= 11 is 0. The third-order valence-electron chi connectivity index (χ3n) is 5.66. The maximum Gasteiger partial charge on any atom is 0.408 e. The van der Waals surface area contributed by atoms with Gasteiger partial charge < -0.3 is 24.4 Å². The monoisotopic (exact) mass is 484 g/mol. The molecule has 0 bridgehead atoms. The summed E-state index contributed by atoms with van der Waals surface area (Å²) in [5, 5.41) is 3.05. The molecule has 1 N–H and O–H groups in total. The van der Waals surface area contributed by atoms with Crippen LogP contribution in [0.1, 0.15) is 58.6 Å². The Hall–Kier alpha value is -2.73. The molecule has 0 spiro atoms. The van der Waals surface area contributed by atoms with Crippen LogP contribution in [-0.4, -0.2) is 56.0 Å². The lowest BCUT2D eigenvalue weighted by atomic mass is 10.0. The van der Waals surface area contributed by atoms with Crippen molar-refractivity contribution in [2.24, 2.45) is 0 Å². The predicted octanol–water partition coefficient (Wildman–Crippen LogP) is 5.87. The molecule has 0 saturated carbocycles. The van der Waals surface area contributed by atoms with Crippen LogP contribution in [0.25, 0.3) is 0 Å². The molecule has 2 aromatic carbocycles. The molecule has 6 heteroatoms. The van der Waals surface area contributed by atoms with Gasteiger partial charge in [-0.3, -0.25) is 0 Å². The maximum absolute atomic E-state index is 12.4. The zero-order chi connectivity index (χ0) is 25.9. The number of nitrogens with one attached hydrogen (secondary N) is 1. The van der Waals surface area contributed by atoms with Crippen molar-refractivity contribution in [2.45, 2.75) is 71.4 Å². The summed E-state index contributed by atoms with van der Waals surface area (Å²) < 4.78 is 16.0. The number of alkyl carbamates (subject to hydrolysis) is 1. The maximum atomic E-state index is 12.4. The van der Waals surface area contributed by atoms with E-state index in [9.17, 15) is 4.79 Å². The second-order valence-electron chi connectivity index (χ2n) is 10.7. The van der Waals surface area contributed by atoms with E-state index in [4.69, 9.17) is 14.2 Å². The lowest BCUT2D eigenvalue weighted by Gasteiger charge is -2.34. The molecule has 6 nitrogen and oxygen atoms in total. The van der Waals surface area contributed by atoms with Gasteiger partial charge in [-0.25, -0.2) is 4.79 Å². The molecule has 0 unspecified atom stereocenters. The van der Waals surface area contributed by atoms with Crippen LogP contribution < -0.4 is 14.8 Å². The van der Waals surface area contributed by atoms with E-state index in [2.05, 4.69) is 48.3 Å². The number of aryl methyl sites for hydroxylation is 2. The first-order valence-corrected chi connectivity index (χ1v) is 12.5. The van der Waals surface area contributed by atoms with E-state index in [0.717, 1.165) is 56.8 Å². The van der Waals surface area contributed by atoms with Gasteiger partial charge in [-0.2, -0.15) is 0 Å². The number of benzene rings is 2. The van der Waals surface area contributed by atoms with Gasteiger partial charge in [0.15, 0.2) is 0 Å². The van der Waals surface area contributed by atoms with E-state index < -0.39 is 11.1 Å². The van der Waals surface area contributed by atoms with Crippen molar-refractivity contribution in [1.29, 1.82) is 0 Å². The minimum atomic E-state index is -0.517. The fraction of sp³-hybridized carbons (Fsp3) is 0.552. The Morgan fingerprint density at radius 2 is 1.20 bits per heavy atom. The summed E-state index contributed by atoms with van der Waals surface area (Å²) in [4.78, 5) is 14.8. The van der Waals surface area contributed by atoms with Crippen molar-refractivity contribution in [3.8, 4) is 11.5 Å². The van der Waals surface area contributed by atoms with Gasteiger partial charge in [0.2, 0.25) is 0 Å². The topological polar surface area (TPSA) is 60.0 Å². The Bertz CT molecular complexity index is 833. The zero-order valence-corrected chi connectivity index (χ0v) is 22.6. The van der Waals surface area contributed by atoms with Crippen molar-refractivity contribution in [2.75, 3.05) is 33.9 Å². The Morgan fingerprint density at radius 1 is 0.771 bits per heavy atom. The quantitative estimate of drug-likeness (QED) is 0.385. The number of rotatable bonds is 13. The molecule has 2 rings (SSSR count). The van der Waals surface area contributed by atoms with E-state index in [1.54, 1.807) is 14.2 Å². The van der Waals surface area contributed by atoms with E-state index in [0.29, 0.717) is 0 Å². The minimum absolute atomic E-state index is 0.376. The van der Waals surface area contributed by atoms with Crippen molar-refractivity contribution < 1.29 is 19.0 Å². The van der Waals surface area contributed by atoms with E-state index >= 15 is 0 Å². The molecular weight excluding hydrogens is 440 g/mol. The van der Waals surface area contributed by atoms with Crippen LogP contribution in [0.2, 0.25) is 0 Å². The number of carbonyl (C=O) groups is 1. The van der Waals surface area contributed by atoms with Crippen molar-refractivity contribution in [3.63, 3.8) is 0 Å². The highest BCUT2D eigenvalue weighted by Gasteiger charge is 2.26. The largest absolute Gasteiger partial charge is 0.497 e. The summed E-state index contributed by atoms with van der Waals surface area (Å²) in [5.41, 5.74) is 1.67. The van der Waals surface area contributed by atoms with Gasteiger partial charge in [-0.05, 0) is 109 Å². The van der Waals surface area contributed by atoms with Gasteiger partial charge in [0.05, 0.1) is 19.8 Å². The molecule has 0 aromatic heterocycles. The summed E-state index contributed by atoms with van der Waals surface area (Å²) in [6, 6.07) is 16.5. The molecular formula is C29H44N2O4. The summed E-state index contributed by atoms with van der Waals surface area (Å²) in [6.45, 7) is 12.4. The summed E-state index contributed by atoms with van der Waals surface area (Å²) in [7, 11) is 3.37. The lowest BCUT2D eigenvalue weighted by molar-refractivity contribution is 0.0447. The number of ether oxygens (including phenoxy) is 3. The second-order valence-corrected chi connectivity index (χ2v) is 10.7. The van der Waals surface area contributed by atoms with Gasteiger partial charge in [-0.15, -0.1) is 0 Å². The fourth-order valence-corrected chi connectivity index (χ4v) is 4.05. The van der Waals surface area contributed by atoms with Crippen LogP contribution in [0.4, 0.5) is 4.79 Å². The smallest absolute Gasteiger partial charge is 0.408 e. The Kier molecular flexibility index (Phi) is 10.9. The van der Waals surface area contributed by atoms with Crippen LogP contribution in [0, 0.1) is 0 Å². The average molecular weight is 485 g/mol. The van der Waals surface area contributed by atoms with Crippen molar-refractivity contribution in [3.05, 3.63) is 59.7 Å². The molecule has 0 radical (unpaired) electrons. The Labute approximate surface area is 212 Å². The molecule has 194 valence electrons. The number of hydrogen-bond donors (Lipinski definition) is 1. The normalized spacial score (nSPS) is 11.9. The minimum Gasteiger partial charge on any atom is -0.497 e. The Balaban J connectivity index is 1.95. The molecule has 35 heavy (non-hydrogen) atoms. The van der Waals surface area contributed by atoms with E-state index in [1.165, 1.54) is 11.1 Å². The lowest BCUT2D eigenvalue weighted by Crippen LogP contribution is -2.53. The first kappa shape index (κ1) is 28.5. The molecule has 0 aliphatic carbocycles. The summed E-state index contributed by atoms with van der Waals surface area (Å²) in [6.07, 6.45) is 3.70. The zero-order valence-electron chi connectivity index (χ0n) is 22.6. The van der Waals surface area contributed by atoms with E-state index in [1.807, 2.05) is 45.0 Å². The highest BCUT2D eigenvalue weighted by molar-refractivity contribution is 5.68. The van der Waals surface area contributed by atoms with Gasteiger partial charge >= 0.3 is 6.09 Å². The Morgan fingerprint density at radius 3 is 1.57 bits per heavy atom. The SMILES string of the molecule is COc1ccc(CCCN(CCCc2ccc(OC)cc2)CC(C)(C)NC(=O)OC(C)(C)C)cc1. The molecule has 2 aromatic rings. The standard InChI is InChI=1S/C29H44N2O4/c1-28(2,3)35-27(32)30-29(4,5)22-31(20-8-10-23-12-16-25(33-6)17-13-23)21-9-11-24-14-18-26(34-7)19-15-24/h12-19H,8-11,20-22H2,1-7H3,(H,30,32).